The number of rotatable bonds is 54. The van der Waals surface area contributed by atoms with Crippen LogP contribution in [0.1, 0.15) is 100 Å². The molecule has 19 unspecified atom stereocenters. The number of fused-ring (bicyclic) bond motifs is 1. The van der Waals surface area contributed by atoms with Crippen molar-refractivity contribution in [2.24, 2.45) is 0 Å². The van der Waals surface area contributed by atoms with E-state index in [0.29, 0.717) is 11.4 Å². The van der Waals surface area contributed by atoms with Gasteiger partial charge in [-0.1, -0.05) is 0 Å². The number of carbonyl (C=O) groups is 13. The van der Waals surface area contributed by atoms with Gasteiger partial charge in [0.1, 0.15) is 91.2 Å². The Bertz CT molecular complexity index is 3760. The summed E-state index contributed by atoms with van der Waals surface area (Å²) in [6.45, 7) is -4.23. The van der Waals surface area contributed by atoms with Crippen molar-refractivity contribution in [2.75, 3.05) is 56.3 Å². The van der Waals surface area contributed by atoms with E-state index in [-0.39, 0.29) is 35.6 Å². The molecule has 3 aromatic rings. The van der Waals surface area contributed by atoms with Crippen LogP contribution in [0.25, 0.3) is 11.2 Å². The number of anilines is 2. The number of nitrogens with one attached hydrogen (secondary N) is 12. The van der Waals surface area contributed by atoms with E-state index in [2.05, 4.69) is 85.7 Å². The van der Waals surface area contributed by atoms with Gasteiger partial charge in [0.15, 0.2) is 11.2 Å². The second kappa shape index (κ2) is 49.5. The maximum Gasteiger partial charge on any atom is 0.327 e. The lowest BCUT2D eigenvalue weighted by Crippen LogP contribution is -2.59. The summed E-state index contributed by atoms with van der Waals surface area (Å²) in [7, 11) is 0. The van der Waals surface area contributed by atoms with E-state index in [0.717, 1.165) is 0 Å². The van der Waals surface area contributed by atoms with Gasteiger partial charge in [-0.05, 0) is 69.7 Å². The highest BCUT2D eigenvalue weighted by molar-refractivity contribution is 7.80. The first kappa shape index (κ1) is 98.1. The van der Waals surface area contributed by atoms with E-state index >= 15 is 0 Å². The zero-order valence-electron chi connectivity index (χ0n) is 61.1. The Labute approximate surface area is 651 Å². The average molecular weight is 1650 g/mol. The monoisotopic (exact) mass is 1650 g/mol. The summed E-state index contributed by atoms with van der Waals surface area (Å²) in [6.07, 6.45) is -32.9. The quantitative estimate of drug-likeness (QED) is 0.0233. The van der Waals surface area contributed by atoms with Gasteiger partial charge in [0.05, 0.1) is 56.6 Å². The SMILES string of the molecule is CC(CCC(=O)NC(CCC(=O)NCC(O)C(O)C(O)C(O)CO)C(=O)NC(CCC(=O)O)C(=O)NC(CCC(=O)NCC(O)C(O)C(O)C(O)CO)C(=O)NC(CCC(=O)O)C(=O)NC(CCC(=O)NCC(O)C(O)C(O)C(O)CO)C(=O)NC(CS)C(=O)O)NC(=O)c1ccc(NCc2cnc3nc(N)[nH]c(=O)c3n2)cc1. The van der Waals surface area contributed by atoms with Crippen LogP contribution in [-0.4, -0.2) is 350 Å². The van der Waals surface area contributed by atoms with Gasteiger partial charge in [0, 0.05) is 81.2 Å². The summed E-state index contributed by atoms with van der Waals surface area (Å²) in [5.41, 5.74) is 5.93. The van der Waals surface area contributed by atoms with Crippen LogP contribution in [-0.2, 0) is 64.1 Å². The van der Waals surface area contributed by atoms with Gasteiger partial charge < -0.3 is 156 Å². The number of aliphatic hydroxyl groups is 15. The van der Waals surface area contributed by atoms with Crippen LogP contribution in [0.15, 0.2) is 35.3 Å². The van der Waals surface area contributed by atoms with Crippen molar-refractivity contribution >= 4 is 112 Å². The molecule has 19 atom stereocenters. The topological polar surface area (TPSA) is 816 Å². The van der Waals surface area contributed by atoms with Crippen molar-refractivity contribution in [3.8, 4) is 0 Å². The number of aromatic amines is 1. The Kier molecular flexibility index (Phi) is 42.6. The number of thiol groups is 1. The third kappa shape index (κ3) is 33.9. The molecule has 48 nitrogen and oxygen atoms in total. The number of hydrogen-bond acceptors (Lipinski definition) is 35. The van der Waals surface area contributed by atoms with Crippen LogP contribution < -0.4 is 69.8 Å². The highest BCUT2D eigenvalue weighted by Gasteiger charge is 2.38. The van der Waals surface area contributed by atoms with E-state index < -0.39 is 314 Å². The summed E-state index contributed by atoms with van der Waals surface area (Å²) >= 11 is 3.88. The summed E-state index contributed by atoms with van der Waals surface area (Å²) in [4.78, 5) is 202. The average Bonchev–Trinajstić information content (AvgIpc) is 0.812. The Hall–Kier alpha value is -10.1. The first-order valence-electron chi connectivity index (χ1n) is 35.2. The molecule has 0 bridgehead atoms. The van der Waals surface area contributed by atoms with Crippen LogP contribution >= 0.6 is 12.6 Å². The predicted molar refractivity (Wildman–Crippen MR) is 389 cm³/mol. The number of carbonyl (C=O) groups excluding carboxylic acids is 10. The van der Waals surface area contributed by atoms with Crippen molar-refractivity contribution in [1.82, 2.24) is 73.1 Å². The standard InChI is InChI=1S/C65H100N16O32S/c1-27(72-57(105)28-3-5-29(6-4-28)67-18-30-19-71-56-49(73-30)63(111)81-65(66)80-56)2-12-46(94)74-31(7-13-43(91)68-20-37(85)50(99)53(102)40(88)23-82)58(106)77-34(10-16-47(95)96)60(108)75-32(8-14-44(92)69-21-38(86)51(100)54(103)41(89)24-83)59(107)78-35(11-17-48(97)98)61(109)76-33(62(110)79-36(26-114)64(112)113)9-15-45(93)70-22-39(87)52(101)55(104)42(90)25-84/h3-6,19,27,31-42,50-55,67,82-90,99-104,114H,2,7-18,20-26H2,1H3,(H,68,91)(H,69,92)(H,70,93)(H,72,105)(H,74,94)(H,75,108)(H,76,109)(H,77,106)(H,78,107)(H,79,110)(H,95,96)(H,97,98)(H,112,113)(H3,66,71,80,81,111). The molecule has 0 fully saturated rings. The summed E-state index contributed by atoms with van der Waals surface area (Å²) < 4.78 is 0. The fraction of sp³-hybridized carbons (Fsp3) is 0.615. The van der Waals surface area contributed by atoms with Crippen molar-refractivity contribution in [3.05, 3.63) is 52.1 Å². The van der Waals surface area contributed by atoms with E-state index in [4.69, 9.17) is 10.8 Å². The summed E-state index contributed by atoms with van der Waals surface area (Å²) in [6, 6.07) is -6.97. The lowest BCUT2D eigenvalue weighted by molar-refractivity contribution is -0.142. The van der Waals surface area contributed by atoms with Gasteiger partial charge in [-0.15, -0.1) is 0 Å². The number of hydrogen-bond donors (Lipinski definition) is 32. The number of nitrogens with zero attached hydrogens (tertiary/aromatic N) is 3. The second-order valence-corrected chi connectivity index (χ2v) is 26.4. The zero-order valence-corrected chi connectivity index (χ0v) is 62.0. The molecule has 0 aliphatic rings. The molecule has 3 rings (SSSR count). The zero-order chi connectivity index (χ0) is 85.8. The summed E-state index contributed by atoms with van der Waals surface area (Å²) in [5.74, 6) is -17.7. The number of aliphatic carboxylic acids is 3. The number of aromatic nitrogens is 4. The Morgan fingerprint density at radius 2 is 0.789 bits per heavy atom. The number of H-pyrrole nitrogens is 1. The minimum atomic E-state index is -2.22. The van der Waals surface area contributed by atoms with Crippen molar-refractivity contribution in [1.29, 1.82) is 0 Å². The molecule has 49 heteroatoms. The van der Waals surface area contributed by atoms with Gasteiger partial charge in [-0.3, -0.25) is 67.3 Å². The van der Waals surface area contributed by atoms with Crippen molar-refractivity contribution < 1.29 is 154 Å². The molecule has 114 heavy (non-hydrogen) atoms. The number of amides is 10. The van der Waals surface area contributed by atoms with Crippen molar-refractivity contribution in [3.63, 3.8) is 0 Å². The second-order valence-electron chi connectivity index (χ2n) is 26.1. The maximum atomic E-state index is 14.6. The lowest BCUT2D eigenvalue weighted by atomic mass is 10.0. The number of carboxylic acids is 3. The number of nitrogens with two attached hydrogens (primary N) is 1. The van der Waals surface area contributed by atoms with Crippen LogP contribution in [0, 0.1) is 0 Å². The first-order chi connectivity index (χ1) is 53.6. The maximum absolute atomic E-state index is 14.6. The highest BCUT2D eigenvalue weighted by atomic mass is 32.1. The molecular formula is C65H100N16O32S. The molecular weight excluding hydrogens is 1550 g/mol. The van der Waals surface area contributed by atoms with Crippen LogP contribution in [0.4, 0.5) is 11.6 Å². The number of nitrogen functional groups attached to an aromatic ring is 1. The molecule has 10 amide bonds. The third-order valence-electron chi connectivity index (χ3n) is 17.0. The molecule has 32 N–H and O–H groups in total. The van der Waals surface area contributed by atoms with Gasteiger partial charge in [-0.2, -0.15) is 17.6 Å². The molecule has 638 valence electrons. The van der Waals surface area contributed by atoms with Crippen molar-refractivity contribution in [2.45, 2.75) is 206 Å². The van der Waals surface area contributed by atoms with Crippen LogP contribution in [0.5, 0.6) is 0 Å². The molecule has 2 aromatic heterocycles. The fourth-order valence-electron chi connectivity index (χ4n) is 10.2. The normalized spacial score (nSPS) is 16.4. The van der Waals surface area contributed by atoms with Crippen LogP contribution in [0.2, 0.25) is 0 Å². The molecule has 0 saturated carbocycles. The minimum absolute atomic E-state index is 0.0236. The van der Waals surface area contributed by atoms with E-state index in [1.165, 1.54) is 25.3 Å². The Balaban J connectivity index is 2.02. The van der Waals surface area contributed by atoms with Crippen LogP contribution in [0.3, 0.4) is 0 Å². The minimum Gasteiger partial charge on any atom is -0.481 e. The van der Waals surface area contributed by atoms with Gasteiger partial charge in [0.25, 0.3) is 11.5 Å². The molecule has 2 heterocycles. The van der Waals surface area contributed by atoms with E-state index in [1.54, 1.807) is 12.1 Å². The molecule has 0 aliphatic heterocycles. The smallest absolute Gasteiger partial charge is 0.327 e. The van der Waals surface area contributed by atoms with Gasteiger partial charge >= 0.3 is 17.9 Å². The Morgan fingerprint density at radius 3 is 1.14 bits per heavy atom. The van der Waals surface area contributed by atoms with E-state index in [1.807, 2.05) is 5.32 Å². The Morgan fingerprint density at radius 1 is 0.447 bits per heavy atom. The number of benzene rings is 1. The largest absolute Gasteiger partial charge is 0.481 e. The summed E-state index contributed by atoms with van der Waals surface area (Å²) in [5, 5.41) is 203. The molecule has 0 radical (unpaired) electrons. The first-order valence-corrected chi connectivity index (χ1v) is 35.8. The lowest BCUT2D eigenvalue weighted by Gasteiger charge is -2.28. The highest BCUT2D eigenvalue weighted by Crippen LogP contribution is 2.16. The fourth-order valence-corrected chi connectivity index (χ4v) is 10.5. The molecule has 0 saturated heterocycles. The van der Waals surface area contributed by atoms with Gasteiger partial charge in [0.2, 0.25) is 59.1 Å². The van der Waals surface area contributed by atoms with E-state index in [9.17, 15) is 154 Å². The van der Waals surface area contributed by atoms with Gasteiger partial charge in [-0.25, -0.2) is 14.8 Å². The number of aliphatic hydroxyl groups excluding tert-OH is 15. The third-order valence-corrected chi connectivity index (χ3v) is 17.4. The number of carboxylic acid groups (broad SMARTS) is 3. The molecule has 1 aromatic carbocycles. The molecule has 0 aliphatic carbocycles. The predicted octanol–water partition coefficient (Wildman–Crippen LogP) is -13.5. The molecule has 0 spiro atoms.